The average molecular weight is 211 g/mol. The van der Waals surface area contributed by atoms with E-state index >= 15 is 0 Å². The van der Waals surface area contributed by atoms with Crippen molar-refractivity contribution in [1.29, 1.82) is 5.41 Å². The highest BCUT2D eigenvalue weighted by Crippen LogP contribution is 2.36. The SMILES string of the molecule is CC(C(=N)N)N(C)C1CCC(C)(C)CC1. The quantitative estimate of drug-likeness (QED) is 0.555. The maximum absolute atomic E-state index is 7.46. The summed E-state index contributed by atoms with van der Waals surface area (Å²) in [6.45, 7) is 6.71. The molecule has 1 rings (SSSR count). The highest BCUT2D eigenvalue weighted by molar-refractivity contribution is 5.82. The number of hydrogen-bond acceptors (Lipinski definition) is 2. The third-order valence-corrected chi connectivity index (χ3v) is 3.95. The van der Waals surface area contributed by atoms with Gasteiger partial charge in [0, 0.05) is 6.04 Å². The molecule has 1 aliphatic carbocycles. The van der Waals surface area contributed by atoms with Crippen LogP contribution in [0.2, 0.25) is 0 Å². The monoisotopic (exact) mass is 211 g/mol. The Morgan fingerprint density at radius 3 is 2.27 bits per heavy atom. The van der Waals surface area contributed by atoms with Crippen LogP contribution in [0.15, 0.2) is 0 Å². The molecule has 0 amide bonds. The molecule has 0 saturated heterocycles. The van der Waals surface area contributed by atoms with Crippen LogP contribution in [0.4, 0.5) is 0 Å². The largest absolute Gasteiger partial charge is 0.386 e. The Balaban J connectivity index is 2.49. The zero-order chi connectivity index (χ0) is 11.6. The van der Waals surface area contributed by atoms with Crippen LogP contribution in [0.3, 0.4) is 0 Å². The first-order valence-electron chi connectivity index (χ1n) is 5.89. The van der Waals surface area contributed by atoms with Crippen molar-refractivity contribution in [3.8, 4) is 0 Å². The number of nitrogens with one attached hydrogen (secondary N) is 1. The van der Waals surface area contributed by atoms with Crippen molar-refractivity contribution in [3.05, 3.63) is 0 Å². The molecule has 3 heteroatoms. The molecule has 0 spiro atoms. The lowest BCUT2D eigenvalue weighted by atomic mass is 9.75. The molecule has 0 radical (unpaired) electrons. The first kappa shape index (κ1) is 12.5. The van der Waals surface area contributed by atoms with Crippen molar-refractivity contribution in [3.63, 3.8) is 0 Å². The lowest BCUT2D eigenvalue weighted by Gasteiger charge is -2.40. The van der Waals surface area contributed by atoms with Gasteiger partial charge in [-0.2, -0.15) is 0 Å². The lowest BCUT2D eigenvalue weighted by Crippen LogP contribution is -2.47. The van der Waals surface area contributed by atoms with E-state index in [1.54, 1.807) is 0 Å². The fourth-order valence-corrected chi connectivity index (χ4v) is 2.33. The molecule has 0 aromatic rings. The van der Waals surface area contributed by atoms with Gasteiger partial charge in [-0.05, 0) is 45.1 Å². The maximum Gasteiger partial charge on any atom is 0.108 e. The van der Waals surface area contributed by atoms with Gasteiger partial charge in [0.2, 0.25) is 0 Å². The van der Waals surface area contributed by atoms with Crippen molar-refractivity contribution >= 4 is 5.84 Å². The summed E-state index contributed by atoms with van der Waals surface area (Å²) in [4.78, 5) is 2.26. The standard InChI is InChI=1S/C12H25N3/c1-9(11(13)14)15(4)10-5-7-12(2,3)8-6-10/h9-10H,5-8H2,1-4H3,(H3,13,14). The summed E-state index contributed by atoms with van der Waals surface area (Å²) in [5.41, 5.74) is 6.05. The molecule has 1 unspecified atom stereocenters. The smallest absolute Gasteiger partial charge is 0.108 e. The van der Waals surface area contributed by atoms with E-state index in [4.69, 9.17) is 11.1 Å². The van der Waals surface area contributed by atoms with Crippen LogP contribution in [-0.2, 0) is 0 Å². The summed E-state index contributed by atoms with van der Waals surface area (Å²) in [6.07, 6.45) is 5.04. The van der Waals surface area contributed by atoms with Gasteiger partial charge in [0.15, 0.2) is 0 Å². The van der Waals surface area contributed by atoms with Crippen molar-refractivity contribution in [2.75, 3.05) is 7.05 Å². The second-order valence-corrected chi connectivity index (χ2v) is 5.69. The first-order chi connectivity index (χ1) is 6.83. The normalized spacial score (nSPS) is 24.1. The molecule has 1 fully saturated rings. The fourth-order valence-electron chi connectivity index (χ4n) is 2.33. The molecule has 1 saturated carbocycles. The molecule has 1 atom stereocenters. The number of hydrogen-bond donors (Lipinski definition) is 2. The van der Waals surface area contributed by atoms with Crippen molar-refractivity contribution in [2.45, 2.75) is 58.5 Å². The van der Waals surface area contributed by atoms with E-state index in [9.17, 15) is 0 Å². The third kappa shape index (κ3) is 3.20. The Labute approximate surface area is 93.5 Å². The summed E-state index contributed by atoms with van der Waals surface area (Å²) >= 11 is 0. The van der Waals surface area contributed by atoms with Crippen LogP contribution in [0.25, 0.3) is 0 Å². The predicted molar refractivity (Wildman–Crippen MR) is 65.2 cm³/mol. The van der Waals surface area contributed by atoms with E-state index in [0.29, 0.717) is 11.5 Å². The minimum absolute atomic E-state index is 0.0798. The van der Waals surface area contributed by atoms with Gasteiger partial charge in [0.05, 0.1) is 6.04 Å². The van der Waals surface area contributed by atoms with Crippen LogP contribution in [0.5, 0.6) is 0 Å². The van der Waals surface area contributed by atoms with E-state index in [0.717, 1.165) is 0 Å². The van der Waals surface area contributed by atoms with Crippen LogP contribution >= 0.6 is 0 Å². The van der Waals surface area contributed by atoms with E-state index in [1.165, 1.54) is 25.7 Å². The van der Waals surface area contributed by atoms with Gasteiger partial charge in [0.1, 0.15) is 5.84 Å². The third-order valence-electron chi connectivity index (χ3n) is 3.95. The minimum atomic E-state index is 0.0798. The van der Waals surface area contributed by atoms with E-state index in [2.05, 4.69) is 25.8 Å². The van der Waals surface area contributed by atoms with E-state index in [-0.39, 0.29) is 11.9 Å². The van der Waals surface area contributed by atoms with Gasteiger partial charge < -0.3 is 5.73 Å². The predicted octanol–water partition coefficient (Wildman–Crippen LogP) is 2.21. The van der Waals surface area contributed by atoms with Gasteiger partial charge in [0.25, 0.3) is 0 Å². The second-order valence-electron chi connectivity index (χ2n) is 5.69. The number of likely N-dealkylation sites (N-methyl/N-ethyl adjacent to an activating group) is 1. The number of nitrogens with zero attached hydrogens (tertiary/aromatic N) is 1. The molecule has 1 aliphatic rings. The summed E-state index contributed by atoms with van der Waals surface area (Å²) in [7, 11) is 2.09. The Hall–Kier alpha value is -0.570. The Bertz CT molecular complexity index is 225. The fraction of sp³-hybridized carbons (Fsp3) is 0.917. The van der Waals surface area contributed by atoms with Gasteiger partial charge in [-0.15, -0.1) is 0 Å². The number of amidine groups is 1. The Morgan fingerprint density at radius 1 is 1.40 bits per heavy atom. The highest BCUT2D eigenvalue weighted by Gasteiger charge is 2.30. The topological polar surface area (TPSA) is 53.1 Å². The summed E-state index contributed by atoms with van der Waals surface area (Å²) in [6, 6.07) is 0.688. The zero-order valence-corrected chi connectivity index (χ0v) is 10.5. The van der Waals surface area contributed by atoms with Gasteiger partial charge in [-0.1, -0.05) is 13.8 Å². The van der Waals surface area contributed by atoms with Gasteiger partial charge in [-0.25, -0.2) is 0 Å². The van der Waals surface area contributed by atoms with Gasteiger partial charge >= 0.3 is 0 Å². The Kier molecular flexibility index (Phi) is 3.77. The molecule has 0 aromatic heterocycles. The zero-order valence-electron chi connectivity index (χ0n) is 10.5. The molecular weight excluding hydrogens is 186 g/mol. The molecule has 88 valence electrons. The lowest BCUT2D eigenvalue weighted by molar-refractivity contribution is 0.118. The van der Waals surface area contributed by atoms with Crippen molar-refractivity contribution in [2.24, 2.45) is 11.1 Å². The van der Waals surface area contributed by atoms with Crippen LogP contribution in [0.1, 0.15) is 46.5 Å². The molecule has 0 heterocycles. The Morgan fingerprint density at radius 2 is 1.87 bits per heavy atom. The van der Waals surface area contributed by atoms with E-state index in [1.807, 2.05) is 6.92 Å². The summed E-state index contributed by atoms with van der Waals surface area (Å²) < 4.78 is 0. The van der Waals surface area contributed by atoms with Crippen LogP contribution in [0, 0.1) is 10.8 Å². The summed E-state index contributed by atoms with van der Waals surface area (Å²) in [5.74, 6) is 0.280. The molecular formula is C12H25N3. The molecule has 3 nitrogen and oxygen atoms in total. The number of nitrogens with two attached hydrogens (primary N) is 1. The van der Waals surface area contributed by atoms with Crippen LogP contribution < -0.4 is 5.73 Å². The molecule has 0 aromatic carbocycles. The average Bonchev–Trinajstić information content (AvgIpc) is 2.15. The van der Waals surface area contributed by atoms with Crippen molar-refractivity contribution < 1.29 is 0 Å². The number of rotatable bonds is 3. The van der Waals surface area contributed by atoms with E-state index < -0.39 is 0 Å². The molecule has 15 heavy (non-hydrogen) atoms. The maximum atomic E-state index is 7.46. The van der Waals surface area contributed by atoms with Crippen LogP contribution in [-0.4, -0.2) is 29.9 Å². The molecule has 0 bridgehead atoms. The van der Waals surface area contributed by atoms with Crippen molar-refractivity contribution in [1.82, 2.24) is 4.90 Å². The summed E-state index contributed by atoms with van der Waals surface area (Å²) in [5, 5.41) is 7.46. The first-order valence-corrected chi connectivity index (χ1v) is 5.89. The minimum Gasteiger partial charge on any atom is -0.386 e. The molecule has 0 aliphatic heterocycles. The second kappa shape index (κ2) is 4.52. The highest BCUT2D eigenvalue weighted by atomic mass is 15.2. The van der Waals surface area contributed by atoms with Gasteiger partial charge in [-0.3, -0.25) is 10.3 Å². The molecule has 3 N–H and O–H groups in total.